The van der Waals surface area contributed by atoms with E-state index < -0.39 is 0 Å². The Morgan fingerprint density at radius 3 is 2.83 bits per heavy atom. The van der Waals surface area contributed by atoms with Gasteiger partial charge in [0.25, 0.3) is 0 Å². The van der Waals surface area contributed by atoms with Crippen molar-refractivity contribution in [2.24, 2.45) is 5.73 Å². The molecule has 0 aliphatic carbocycles. The average molecular weight is 168 g/mol. The van der Waals surface area contributed by atoms with Gasteiger partial charge in [-0.15, -0.1) is 0 Å². The zero-order chi connectivity index (χ0) is 8.55. The molecule has 0 aromatic heterocycles. The first-order valence-electron chi connectivity index (χ1n) is 5.34. The van der Waals surface area contributed by atoms with Crippen LogP contribution in [-0.4, -0.2) is 29.6 Å². The van der Waals surface area contributed by atoms with Crippen LogP contribution >= 0.6 is 0 Å². The summed E-state index contributed by atoms with van der Waals surface area (Å²) in [6.07, 6.45) is 6.72. The van der Waals surface area contributed by atoms with Gasteiger partial charge < -0.3 is 5.73 Å². The maximum absolute atomic E-state index is 6.14. The Labute approximate surface area is 75.1 Å². The van der Waals surface area contributed by atoms with Gasteiger partial charge in [0, 0.05) is 18.1 Å². The van der Waals surface area contributed by atoms with Crippen LogP contribution in [0.15, 0.2) is 0 Å². The van der Waals surface area contributed by atoms with E-state index >= 15 is 0 Å². The fraction of sp³-hybridized carbons (Fsp3) is 1.00. The Balaban J connectivity index is 2.12. The quantitative estimate of drug-likeness (QED) is 0.640. The third-order valence-electron chi connectivity index (χ3n) is 3.62. The maximum Gasteiger partial charge on any atom is 0.0250 e. The van der Waals surface area contributed by atoms with Crippen LogP contribution in [0.2, 0.25) is 0 Å². The Bertz CT molecular complexity index is 158. The third-order valence-corrected chi connectivity index (χ3v) is 3.62. The predicted octanol–water partition coefficient (Wildman–Crippen LogP) is 1.35. The fourth-order valence-electron chi connectivity index (χ4n) is 3.01. The van der Waals surface area contributed by atoms with Gasteiger partial charge in [-0.05, 0) is 32.2 Å². The lowest BCUT2D eigenvalue weighted by Gasteiger charge is -2.29. The number of hydrogen-bond donors (Lipinski definition) is 1. The molecule has 2 aliphatic rings. The number of nitrogens with two attached hydrogens (primary N) is 1. The van der Waals surface area contributed by atoms with Crippen molar-refractivity contribution in [1.29, 1.82) is 0 Å². The molecule has 12 heavy (non-hydrogen) atoms. The smallest absolute Gasteiger partial charge is 0.0250 e. The monoisotopic (exact) mass is 168 g/mol. The van der Waals surface area contributed by atoms with Gasteiger partial charge in [-0.25, -0.2) is 0 Å². The van der Waals surface area contributed by atoms with Crippen LogP contribution in [0.25, 0.3) is 0 Å². The second-order valence-corrected chi connectivity index (χ2v) is 4.22. The molecular formula is C10H20N2. The van der Waals surface area contributed by atoms with Gasteiger partial charge in [0.15, 0.2) is 0 Å². The van der Waals surface area contributed by atoms with Crippen molar-refractivity contribution in [3.8, 4) is 0 Å². The van der Waals surface area contributed by atoms with E-state index in [1.54, 1.807) is 0 Å². The maximum atomic E-state index is 6.14. The summed E-state index contributed by atoms with van der Waals surface area (Å²) in [5.74, 6) is 0. The number of fused-ring (bicyclic) bond motifs is 2. The highest BCUT2D eigenvalue weighted by Crippen LogP contribution is 2.33. The molecule has 70 valence electrons. The molecule has 0 aromatic rings. The zero-order valence-electron chi connectivity index (χ0n) is 8.00. The van der Waals surface area contributed by atoms with E-state index in [0.29, 0.717) is 12.1 Å². The summed E-state index contributed by atoms with van der Waals surface area (Å²) in [7, 11) is 0. The summed E-state index contributed by atoms with van der Waals surface area (Å²) in [6, 6.07) is 2.04. The summed E-state index contributed by atoms with van der Waals surface area (Å²) in [5.41, 5.74) is 6.14. The van der Waals surface area contributed by atoms with Crippen LogP contribution in [0.3, 0.4) is 0 Å². The number of likely N-dealkylation sites (N-methyl/N-ethyl adjacent to an activating group) is 1. The van der Waals surface area contributed by atoms with Crippen molar-refractivity contribution < 1.29 is 0 Å². The van der Waals surface area contributed by atoms with Crippen molar-refractivity contribution in [2.75, 3.05) is 6.54 Å². The van der Waals surface area contributed by atoms with Crippen molar-refractivity contribution in [2.45, 2.75) is 57.2 Å². The minimum absolute atomic E-state index is 0.456. The molecule has 2 fully saturated rings. The zero-order valence-corrected chi connectivity index (χ0v) is 8.00. The lowest BCUT2D eigenvalue weighted by atomic mass is 9.97. The summed E-state index contributed by atoms with van der Waals surface area (Å²) in [5, 5.41) is 0. The van der Waals surface area contributed by atoms with Crippen LogP contribution in [0.1, 0.15) is 39.0 Å². The normalized spacial score (nSPS) is 43.0. The van der Waals surface area contributed by atoms with Gasteiger partial charge in [0.2, 0.25) is 0 Å². The Morgan fingerprint density at radius 1 is 1.25 bits per heavy atom. The molecule has 2 rings (SSSR count). The molecule has 2 aliphatic heterocycles. The van der Waals surface area contributed by atoms with E-state index in [1.807, 2.05) is 0 Å². The SMILES string of the molecule is CCN1[C@@H]2CCC[C@@H](N)[C@H]1CC2. The van der Waals surface area contributed by atoms with Gasteiger partial charge in [-0.1, -0.05) is 13.3 Å². The van der Waals surface area contributed by atoms with Crippen LogP contribution in [0.4, 0.5) is 0 Å². The summed E-state index contributed by atoms with van der Waals surface area (Å²) >= 11 is 0. The molecule has 0 radical (unpaired) electrons. The van der Waals surface area contributed by atoms with E-state index in [0.717, 1.165) is 6.04 Å². The first-order chi connectivity index (χ1) is 5.83. The highest BCUT2D eigenvalue weighted by Gasteiger charge is 2.37. The van der Waals surface area contributed by atoms with E-state index in [2.05, 4.69) is 11.8 Å². The van der Waals surface area contributed by atoms with Crippen LogP contribution < -0.4 is 5.73 Å². The largest absolute Gasteiger partial charge is 0.326 e. The predicted molar refractivity (Wildman–Crippen MR) is 51.0 cm³/mol. The lowest BCUT2D eigenvalue weighted by Crippen LogP contribution is -2.44. The number of rotatable bonds is 1. The molecule has 0 saturated carbocycles. The standard InChI is InChI=1S/C10H20N2/c1-2-12-8-4-3-5-9(11)10(12)7-6-8/h8-10H,2-7,11H2,1H3/t8-,9-,10-/m1/s1. The molecule has 0 spiro atoms. The van der Waals surface area contributed by atoms with Gasteiger partial charge in [0.05, 0.1) is 0 Å². The Morgan fingerprint density at radius 2 is 2.08 bits per heavy atom. The van der Waals surface area contributed by atoms with E-state index in [4.69, 9.17) is 5.73 Å². The van der Waals surface area contributed by atoms with Gasteiger partial charge in [-0.3, -0.25) is 4.90 Å². The summed E-state index contributed by atoms with van der Waals surface area (Å²) in [4.78, 5) is 2.64. The van der Waals surface area contributed by atoms with Gasteiger partial charge in [0.1, 0.15) is 0 Å². The molecule has 2 heterocycles. The second kappa shape index (κ2) is 3.35. The lowest BCUT2D eigenvalue weighted by molar-refractivity contribution is 0.193. The first kappa shape index (κ1) is 8.52. The molecule has 2 bridgehead atoms. The number of nitrogens with zero attached hydrogens (tertiary/aromatic N) is 1. The molecule has 2 nitrogen and oxygen atoms in total. The molecule has 3 atom stereocenters. The number of hydrogen-bond acceptors (Lipinski definition) is 2. The topological polar surface area (TPSA) is 29.3 Å². The van der Waals surface area contributed by atoms with E-state index in [-0.39, 0.29) is 0 Å². The average Bonchev–Trinajstić information content (AvgIpc) is 2.38. The molecule has 0 unspecified atom stereocenters. The molecule has 0 aromatic carbocycles. The second-order valence-electron chi connectivity index (χ2n) is 4.22. The Kier molecular flexibility index (Phi) is 2.37. The molecule has 2 heteroatoms. The molecule has 0 amide bonds. The van der Waals surface area contributed by atoms with Gasteiger partial charge >= 0.3 is 0 Å². The van der Waals surface area contributed by atoms with Crippen molar-refractivity contribution in [3.63, 3.8) is 0 Å². The van der Waals surface area contributed by atoms with Crippen molar-refractivity contribution >= 4 is 0 Å². The van der Waals surface area contributed by atoms with E-state index in [1.165, 1.54) is 38.6 Å². The highest BCUT2D eigenvalue weighted by molar-refractivity contribution is 4.95. The molecular weight excluding hydrogens is 148 g/mol. The van der Waals surface area contributed by atoms with Crippen LogP contribution in [-0.2, 0) is 0 Å². The van der Waals surface area contributed by atoms with Crippen LogP contribution in [0.5, 0.6) is 0 Å². The molecule has 2 saturated heterocycles. The summed E-state index contributed by atoms with van der Waals surface area (Å²) in [6.45, 7) is 3.46. The Hall–Kier alpha value is -0.0800. The summed E-state index contributed by atoms with van der Waals surface area (Å²) < 4.78 is 0. The fourth-order valence-corrected chi connectivity index (χ4v) is 3.01. The van der Waals surface area contributed by atoms with Crippen LogP contribution in [0, 0.1) is 0 Å². The van der Waals surface area contributed by atoms with Crippen molar-refractivity contribution in [1.82, 2.24) is 4.90 Å². The van der Waals surface area contributed by atoms with E-state index in [9.17, 15) is 0 Å². The van der Waals surface area contributed by atoms with Gasteiger partial charge in [-0.2, -0.15) is 0 Å². The first-order valence-corrected chi connectivity index (χ1v) is 5.34. The highest BCUT2D eigenvalue weighted by atomic mass is 15.2. The van der Waals surface area contributed by atoms with Crippen molar-refractivity contribution in [3.05, 3.63) is 0 Å². The molecule has 2 N–H and O–H groups in total. The minimum Gasteiger partial charge on any atom is -0.326 e. The third kappa shape index (κ3) is 1.27. The minimum atomic E-state index is 0.456.